The van der Waals surface area contributed by atoms with Crippen molar-refractivity contribution in [2.75, 3.05) is 5.32 Å². The Morgan fingerprint density at radius 3 is 2.95 bits per heavy atom. The number of pyridine rings is 1. The van der Waals surface area contributed by atoms with Crippen LogP contribution in [0.1, 0.15) is 24.7 Å². The number of aromatic nitrogens is 5. The van der Waals surface area contributed by atoms with Crippen LogP contribution in [0.3, 0.4) is 0 Å². The van der Waals surface area contributed by atoms with Crippen LogP contribution in [0.15, 0.2) is 29.2 Å². The Morgan fingerprint density at radius 1 is 1.26 bits per heavy atom. The molecular weight excluding hydrogens is 244 g/mol. The summed E-state index contributed by atoms with van der Waals surface area (Å²) < 4.78 is 5.13. The van der Waals surface area contributed by atoms with Crippen LogP contribution in [0.4, 0.5) is 5.82 Å². The molecule has 3 heterocycles. The molecule has 0 amide bonds. The number of anilines is 1. The summed E-state index contributed by atoms with van der Waals surface area (Å²) in [5, 5.41) is 7.85. The third-order valence-corrected chi connectivity index (χ3v) is 2.68. The molecule has 0 aliphatic rings. The van der Waals surface area contributed by atoms with E-state index >= 15 is 0 Å². The predicted octanol–water partition coefficient (Wildman–Crippen LogP) is 1.89. The summed E-state index contributed by atoms with van der Waals surface area (Å²) in [4.78, 5) is 16.7. The van der Waals surface area contributed by atoms with Gasteiger partial charge in [0.1, 0.15) is 18.2 Å². The molecule has 3 aromatic heterocycles. The number of hydrogen-bond acceptors (Lipinski definition) is 7. The first kappa shape index (κ1) is 11.5. The van der Waals surface area contributed by atoms with Crippen molar-refractivity contribution in [1.29, 1.82) is 0 Å². The third-order valence-electron chi connectivity index (χ3n) is 2.68. The predicted molar refractivity (Wildman–Crippen MR) is 68.4 cm³/mol. The lowest BCUT2D eigenvalue weighted by atomic mass is 10.3. The molecular formula is C12H12N6O. The van der Waals surface area contributed by atoms with Crippen molar-refractivity contribution in [3.63, 3.8) is 0 Å². The van der Waals surface area contributed by atoms with Crippen LogP contribution >= 0.6 is 0 Å². The summed E-state index contributed by atoms with van der Waals surface area (Å²) in [7, 11) is 0. The molecule has 1 N–H and O–H groups in total. The molecule has 3 aromatic rings. The van der Waals surface area contributed by atoms with Crippen molar-refractivity contribution in [3.05, 3.63) is 36.4 Å². The van der Waals surface area contributed by atoms with E-state index in [1.165, 1.54) is 6.33 Å². The molecule has 3 rings (SSSR count). The fourth-order valence-corrected chi connectivity index (χ4v) is 1.77. The number of rotatable bonds is 3. The van der Waals surface area contributed by atoms with E-state index in [1.54, 1.807) is 13.1 Å². The molecule has 96 valence electrons. The highest BCUT2D eigenvalue weighted by atomic mass is 16.5. The monoisotopic (exact) mass is 256 g/mol. The maximum Gasteiger partial charge on any atom is 0.248 e. The van der Waals surface area contributed by atoms with Gasteiger partial charge in [-0.3, -0.25) is 0 Å². The molecule has 0 aliphatic heterocycles. The van der Waals surface area contributed by atoms with Crippen molar-refractivity contribution in [2.45, 2.75) is 19.9 Å². The van der Waals surface area contributed by atoms with Gasteiger partial charge in [-0.05, 0) is 26.0 Å². The van der Waals surface area contributed by atoms with Crippen LogP contribution < -0.4 is 5.32 Å². The highest BCUT2D eigenvalue weighted by Gasteiger charge is 2.14. The number of fused-ring (bicyclic) bond motifs is 1. The van der Waals surface area contributed by atoms with Gasteiger partial charge in [0.2, 0.25) is 5.89 Å². The van der Waals surface area contributed by atoms with Crippen LogP contribution in [0, 0.1) is 6.92 Å². The summed E-state index contributed by atoms with van der Waals surface area (Å²) in [6.45, 7) is 3.71. The summed E-state index contributed by atoms with van der Waals surface area (Å²) in [5.74, 6) is 1.83. The Morgan fingerprint density at radius 2 is 2.16 bits per heavy atom. The van der Waals surface area contributed by atoms with Crippen LogP contribution in [0.2, 0.25) is 0 Å². The van der Waals surface area contributed by atoms with Crippen molar-refractivity contribution in [3.8, 4) is 0 Å². The molecule has 0 spiro atoms. The van der Waals surface area contributed by atoms with E-state index in [0.717, 1.165) is 5.39 Å². The molecule has 0 saturated carbocycles. The van der Waals surface area contributed by atoms with Crippen molar-refractivity contribution >= 4 is 16.9 Å². The van der Waals surface area contributed by atoms with Crippen LogP contribution in [0.5, 0.6) is 0 Å². The first-order valence-corrected chi connectivity index (χ1v) is 5.86. The van der Waals surface area contributed by atoms with Gasteiger partial charge in [0, 0.05) is 6.20 Å². The van der Waals surface area contributed by atoms with E-state index < -0.39 is 0 Å². The standard InChI is InChI=1S/C12H12N6O/c1-7(12-17-8(2)18-19-12)16-11-9-4-3-5-13-10(9)14-6-15-11/h3-7H,1-2H3,(H,13,14,15,16). The van der Waals surface area contributed by atoms with E-state index in [0.29, 0.717) is 23.2 Å². The zero-order valence-electron chi connectivity index (χ0n) is 10.5. The second-order valence-corrected chi connectivity index (χ2v) is 4.14. The molecule has 7 heteroatoms. The zero-order valence-corrected chi connectivity index (χ0v) is 10.5. The average molecular weight is 256 g/mol. The van der Waals surface area contributed by atoms with Gasteiger partial charge < -0.3 is 9.84 Å². The van der Waals surface area contributed by atoms with Gasteiger partial charge in [0.25, 0.3) is 0 Å². The maximum absolute atomic E-state index is 5.13. The molecule has 7 nitrogen and oxygen atoms in total. The second kappa shape index (κ2) is 4.60. The van der Waals surface area contributed by atoms with Gasteiger partial charge in [0.15, 0.2) is 11.5 Å². The first-order valence-electron chi connectivity index (χ1n) is 5.86. The maximum atomic E-state index is 5.13. The lowest BCUT2D eigenvalue weighted by molar-refractivity contribution is 0.364. The topological polar surface area (TPSA) is 89.6 Å². The number of hydrogen-bond donors (Lipinski definition) is 1. The van der Waals surface area contributed by atoms with Crippen LogP contribution in [-0.2, 0) is 0 Å². The molecule has 1 atom stereocenters. The van der Waals surface area contributed by atoms with E-state index in [-0.39, 0.29) is 6.04 Å². The van der Waals surface area contributed by atoms with Gasteiger partial charge in [-0.1, -0.05) is 5.16 Å². The summed E-state index contributed by atoms with van der Waals surface area (Å²) >= 11 is 0. The summed E-state index contributed by atoms with van der Waals surface area (Å²) in [6.07, 6.45) is 3.17. The number of nitrogens with one attached hydrogen (secondary N) is 1. The third kappa shape index (κ3) is 2.22. The van der Waals surface area contributed by atoms with E-state index in [1.807, 2.05) is 19.1 Å². The Labute approximate surface area is 109 Å². The zero-order chi connectivity index (χ0) is 13.2. The largest absolute Gasteiger partial charge is 0.358 e. The SMILES string of the molecule is Cc1noc(C(C)Nc2ncnc3ncccc23)n1. The van der Waals surface area contributed by atoms with Crippen molar-refractivity contribution < 1.29 is 4.52 Å². The van der Waals surface area contributed by atoms with Gasteiger partial charge >= 0.3 is 0 Å². The van der Waals surface area contributed by atoms with Crippen molar-refractivity contribution in [1.82, 2.24) is 25.1 Å². The Kier molecular flexibility index (Phi) is 2.79. The smallest absolute Gasteiger partial charge is 0.248 e. The lowest BCUT2D eigenvalue weighted by Gasteiger charge is -2.11. The molecule has 1 unspecified atom stereocenters. The Balaban J connectivity index is 1.93. The van der Waals surface area contributed by atoms with Crippen LogP contribution in [-0.4, -0.2) is 25.1 Å². The minimum atomic E-state index is -0.139. The highest BCUT2D eigenvalue weighted by Crippen LogP contribution is 2.21. The van der Waals surface area contributed by atoms with Gasteiger partial charge in [-0.25, -0.2) is 15.0 Å². The van der Waals surface area contributed by atoms with E-state index in [4.69, 9.17) is 4.52 Å². The quantitative estimate of drug-likeness (QED) is 0.765. The van der Waals surface area contributed by atoms with Crippen LogP contribution in [0.25, 0.3) is 11.0 Å². The molecule has 0 aliphatic carbocycles. The Bertz CT molecular complexity index is 705. The lowest BCUT2D eigenvalue weighted by Crippen LogP contribution is -2.09. The first-order chi connectivity index (χ1) is 9.24. The van der Waals surface area contributed by atoms with Gasteiger partial charge in [0.05, 0.1) is 5.39 Å². The second-order valence-electron chi connectivity index (χ2n) is 4.14. The molecule has 0 radical (unpaired) electrons. The summed E-state index contributed by atoms with van der Waals surface area (Å²) in [5.41, 5.74) is 0.647. The molecule has 0 aromatic carbocycles. The van der Waals surface area contributed by atoms with Gasteiger partial charge in [-0.15, -0.1) is 0 Å². The molecule has 0 saturated heterocycles. The summed E-state index contributed by atoms with van der Waals surface area (Å²) in [6, 6.07) is 3.62. The molecule has 19 heavy (non-hydrogen) atoms. The van der Waals surface area contributed by atoms with E-state index in [9.17, 15) is 0 Å². The minimum absolute atomic E-state index is 0.139. The van der Waals surface area contributed by atoms with Crippen molar-refractivity contribution in [2.24, 2.45) is 0 Å². The molecule has 0 bridgehead atoms. The fourth-order valence-electron chi connectivity index (χ4n) is 1.77. The highest BCUT2D eigenvalue weighted by molar-refractivity contribution is 5.85. The normalized spacial score (nSPS) is 12.5. The minimum Gasteiger partial charge on any atom is -0.358 e. The number of aryl methyl sites for hydroxylation is 1. The molecule has 0 fully saturated rings. The fraction of sp³-hybridized carbons (Fsp3) is 0.250. The Hall–Kier alpha value is -2.57. The average Bonchev–Trinajstić information content (AvgIpc) is 2.86. The van der Waals surface area contributed by atoms with Gasteiger partial charge in [-0.2, -0.15) is 4.98 Å². The number of nitrogens with zero attached hydrogens (tertiary/aromatic N) is 5. The van der Waals surface area contributed by atoms with E-state index in [2.05, 4.69) is 30.4 Å².